The van der Waals surface area contributed by atoms with Crippen molar-refractivity contribution >= 4 is 33.2 Å². The van der Waals surface area contributed by atoms with Gasteiger partial charge in [0, 0.05) is 5.02 Å². The minimum absolute atomic E-state index is 0.194. The van der Waals surface area contributed by atoms with Gasteiger partial charge in [-0.25, -0.2) is 8.42 Å². The first-order valence-electron chi connectivity index (χ1n) is 8.63. The van der Waals surface area contributed by atoms with E-state index in [4.69, 9.17) is 21.1 Å². The Morgan fingerprint density at radius 3 is 2.64 bits per heavy atom. The molecule has 7 nitrogen and oxygen atoms in total. The van der Waals surface area contributed by atoms with Gasteiger partial charge >= 0.3 is 0 Å². The number of nitrogens with one attached hydrogen (secondary N) is 1. The van der Waals surface area contributed by atoms with Crippen LogP contribution in [0.25, 0.3) is 0 Å². The number of hydrogen-bond donors (Lipinski definition) is 1. The lowest BCUT2D eigenvalue weighted by molar-refractivity contribution is -0.120. The van der Waals surface area contributed by atoms with Crippen molar-refractivity contribution in [3.8, 4) is 11.5 Å². The summed E-state index contributed by atoms with van der Waals surface area (Å²) < 4.78 is 36.7. The number of carbonyl (C=O) groups is 1. The number of rotatable bonds is 6. The lowest BCUT2D eigenvalue weighted by Gasteiger charge is -2.27. The Hall–Kier alpha value is -2.45. The molecule has 2 aromatic rings. The topological polar surface area (TPSA) is 84.9 Å². The molecule has 0 saturated heterocycles. The maximum atomic E-state index is 12.4. The molecule has 28 heavy (non-hydrogen) atoms. The molecular weight excluding hydrogens is 404 g/mol. The molecule has 9 heteroatoms. The molecule has 1 atom stereocenters. The largest absolute Gasteiger partial charge is 0.486 e. The van der Waals surface area contributed by atoms with E-state index >= 15 is 0 Å². The number of para-hydroxylation sites is 2. The van der Waals surface area contributed by atoms with Gasteiger partial charge in [0.15, 0.2) is 11.5 Å². The Kier molecular flexibility index (Phi) is 6.00. The van der Waals surface area contributed by atoms with Gasteiger partial charge in [-0.05, 0) is 36.8 Å². The molecule has 150 valence electrons. The van der Waals surface area contributed by atoms with Crippen LogP contribution >= 0.6 is 11.6 Å². The molecule has 1 N–H and O–H groups in total. The number of sulfonamides is 1. The summed E-state index contributed by atoms with van der Waals surface area (Å²) in [4.78, 5) is 12.4. The van der Waals surface area contributed by atoms with Crippen LogP contribution in [-0.4, -0.2) is 46.4 Å². The van der Waals surface area contributed by atoms with Crippen LogP contribution in [0.5, 0.6) is 11.5 Å². The van der Waals surface area contributed by atoms with Crippen LogP contribution < -0.4 is 19.1 Å². The Morgan fingerprint density at radius 1 is 1.25 bits per heavy atom. The van der Waals surface area contributed by atoms with Gasteiger partial charge in [0.25, 0.3) is 0 Å². The highest BCUT2D eigenvalue weighted by Gasteiger charge is 2.24. The van der Waals surface area contributed by atoms with Gasteiger partial charge in [-0.15, -0.1) is 0 Å². The summed E-state index contributed by atoms with van der Waals surface area (Å²) in [5, 5.41) is 3.13. The number of fused-ring (bicyclic) bond motifs is 1. The zero-order chi connectivity index (χ0) is 20.3. The molecule has 0 unspecified atom stereocenters. The van der Waals surface area contributed by atoms with Gasteiger partial charge in [0.1, 0.15) is 19.3 Å². The van der Waals surface area contributed by atoms with E-state index in [1.54, 1.807) is 24.3 Å². The quantitative estimate of drug-likeness (QED) is 0.769. The third-order valence-electron chi connectivity index (χ3n) is 4.23. The van der Waals surface area contributed by atoms with Crippen molar-refractivity contribution < 1.29 is 22.7 Å². The van der Waals surface area contributed by atoms with Crippen molar-refractivity contribution in [3.05, 3.63) is 53.1 Å². The number of ether oxygens (including phenoxy) is 2. The summed E-state index contributed by atoms with van der Waals surface area (Å²) in [6.07, 6.45) is 0.683. The molecule has 3 rings (SSSR count). The second-order valence-corrected chi connectivity index (χ2v) is 8.82. The number of benzene rings is 2. The third-order valence-corrected chi connectivity index (χ3v) is 5.77. The molecule has 0 saturated carbocycles. The number of aryl methyl sites for hydroxylation is 1. The first-order valence-corrected chi connectivity index (χ1v) is 10.9. The van der Waals surface area contributed by atoms with Crippen LogP contribution in [0.1, 0.15) is 5.56 Å². The summed E-state index contributed by atoms with van der Waals surface area (Å²) in [7, 11) is -3.67. The van der Waals surface area contributed by atoms with Gasteiger partial charge in [-0.3, -0.25) is 9.10 Å². The zero-order valence-electron chi connectivity index (χ0n) is 15.5. The first-order chi connectivity index (χ1) is 13.2. The smallest absolute Gasteiger partial charge is 0.240 e. The maximum absolute atomic E-state index is 12.4. The van der Waals surface area contributed by atoms with E-state index in [-0.39, 0.29) is 19.2 Å². The van der Waals surface area contributed by atoms with E-state index in [1.165, 1.54) is 6.07 Å². The summed E-state index contributed by atoms with van der Waals surface area (Å²) in [6, 6.07) is 12.1. The van der Waals surface area contributed by atoms with Gasteiger partial charge in [-0.1, -0.05) is 29.8 Å². The summed E-state index contributed by atoms with van der Waals surface area (Å²) >= 11 is 6.10. The van der Waals surface area contributed by atoms with Crippen molar-refractivity contribution in [2.75, 3.05) is 30.3 Å². The second kappa shape index (κ2) is 8.28. The number of halogens is 1. The maximum Gasteiger partial charge on any atom is 0.240 e. The average Bonchev–Trinajstić information content (AvgIpc) is 2.65. The highest BCUT2D eigenvalue weighted by atomic mass is 35.5. The average molecular weight is 425 g/mol. The summed E-state index contributed by atoms with van der Waals surface area (Å²) in [5.41, 5.74) is 1.15. The van der Waals surface area contributed by atoms with Crippen LogP contribution in [-0.2, 0) is 14.8 Å². The third kappa shape index (κ3) is 4.88. The van der Waals surface area contributed by atoms with E-state index in [1.807, 2.05) is 19.1 Å². The summed E-state index contributed by atoms with van der Waals surface area (Å²) in [5.74, 6) is 0.814. The highest BCUT2D eigenvalue weighted by Crippen LogP contribution is 2.30. The Morgan fingerprint density at radius 2 is 1.96 bits per heavy atom. The fourth-order valence-corrected chi connectivity index (χ4v) is 3.74. The van der Waals surface area contributed by atoms with Crippen LogP contribution in [0, 0.1) is 6.92 Å². The second-order valence-electron chi connectivity index (χ2n) is 6.50. The van der Waals surface area contributed by atoms with Crippen molar-refractivity contribution in [1.82, 2.24) is 5.32 Å². The number of amides is 1. The first kappa shape index (κ1) is 20.3. The fourth-order valence-electron chi connectivity index (χ4n) is 2.71. The van der Waals surface area contributed by atoms with Gasteiger partial charge in [0.2, 0.25) is 15.9 Å². The number of hydrogen-bond acceptors (Lipinski definition) is 5. The van der Waals surface area contributed by atoms with Crippen molar-refractivity contribution in [2.45, 2.75) is 13.0 Å². The lowest BCUT2D eigenvalue weighted by atomic mass is 10.2. The van der Waals surface area contributed by atoms with E-state index < -0.39 is 15.9 Å². The molecule has 0 bridgehead atoms. The van der Waals surface area contributed by atoms with Crippen molar-refractivity contribution in [1.29, 1.82) is 0 Å². The van der Waals surface area contributed by atoms with Crippen LogP contribution in [0.4, 0.5) is 5.69 Å². The molecule has 1 amide bonds. The van der Waals surface area contributed by atoms with Crippen molar-refractivity contribution in [2.24, 2.45) is 0 Å². The number of carbonyl (C=O) groups excluding carboxylic acids is 1. The number of nitrogens with zero attached hydrogens (tertiary/aromatic N) is 1. The van der Waals surface area contributed by atoms with Gasteiger partial charge in [0.05, 0.1) is 18.5 Å². The minimum atomic E-state index is -3.67. The Balaban J connectivity index is 1.62. The van der Waals surface area contributed by atoms with E-state index in [0.717, 1.165) is 16.1 Å². The van der Waals surface area contributed by atoms with E-state index in [2.05, 4.69) is 5.32 Å². The molecule has 0 aliphatic carbocycles. The predicted molar refractivity (Wildman–Crippen MR) is 108 cm³/mol. The SMILES string of the molecule is Cc1ccc(N(CC(=O)NC[C@@H]2COc3ccccc3O2)S(C)(=O)=O)cc1Cl. The summed E-state index contributed by atoms with van der Waals surface area (Å²) in [6.45, 7) is 1.94. The van der Waals surface area contributed by atoms with Crippen molar-refractivity contribution in [3.63, 3.8) is 0 Å². The molecule has 2 aromatic carbocycles. The molecule has 0 spiro atoms. The predicted octanol–water partition coefficient (Wildman–Crippen LogP) is 2.37. The zero-order valence-corrected chi connectivity index (χ0v) is 17.1. The van der Waals surface area contributed by atoms with Gasteiger partial charge in [-0.2, -0.15) is 0 Å². The van der Waals surface area contributed by atoms with E-state index in [9.17, 15) is 13.2 Å². The minimum Gasteiger partial charge on any atom is -0.486 e. The Labute approximate surface area is 169 Å². The molecule has 0 fully saturated rings. The normalized spacial score (nSPS) is 15.8. The van der Waals surface area contributed by atoms with Crippen LogP contribution in [0.3, 0.4) is 0 Å². The molecular formula is C19H21ClN2O5S. The van der Waals surface area contributed by atoms with E-state index in [0.29, 0.717) is 28.8 Å². The standard InChI is InChI=1S/C19H21ClN2O5S/c1-13-7-8-14(9-16(13)20)22(28(2,24)25)11-19(23)21-10-15-12-26-17-5-3-4-6-18(17)27-15/h3-9,15H,10-12H2,1-2H3,(H,21,23)/t15-/m1/s1. The molecule has 1 heterocycles. The molecule has 0 aromatic heterocycles. The lowest BCUT2D eigenvalue weighted by Crippen LogP contribution is -2.45. The van der Waals surface area contributed by atoms with Crippen LogP contribution in [0.2, 0.25) is 5.02 Å². The van der Waals surface area contributed by atoms with Crippen LogP contribution in [0.15, 0.2) is 42.5 Å². The number of anilines is 1. The fraction of sp³-hybridized carbons (Fsp3) is 0.316. The highest BCUT2D eigenvalue weighted by molar-refractivity contribution is 7.92. The molecule has 1 aliphatic heterocycles. The van der Waals surface area contributed by atoms with Gasteiger partial charge < -0.3 is 14.8 Å². The molecule has 1 aliphatic rings. The Bertz CT molecular complexity index is 980. The monoisotopic (exact) mass is 424 g/mol. The molecule has 0 radical (unpaired) electrons.